The lowest BCUT2D eigenvalue weighted by Gasteiger charge is -2.07. The number of benzene rings is 1. The summed E-state index contributed by atoms with van der Waals surface area (Å²) in [6.45, 7) is 2.87. The molecule has 1 aliphatic heterocycles. The third-order valence-corrected chi connectivity index (χ3v) is 2.92. The second-order valence-electron chi connectivity index (χ2n) is 4.27. The Hall–Kier alpha value is -1.55. The fourth-order valence-electron chi connectivity index (χ4n) is 1.90. The minimum Gasteiger partial charge on any atom is -0.494 e. The molecule has 3 N–H and O–H groups in total. The van der Waals surface area contributed by atoms with Gasteiger partial charge in [-0.05, 0) is 12.5 Å². The first-order valence-electron chi connectivity index (χ1n) is 6.05. The van der Waals surface area contributed by atoms with Gasteiger partial charge < -0.3 is 15.8 Å². The first-order chi connectivity index (χ1) is 8.22. The van der Waals surface area contributed by atoms with Crippen LogP contribution < -0.4 is 15.8 Å². The maximum Gasteiger partial charge on any atom is 0.245 e. The number of nitrogens with two attached hydrogens (primary N) is 1. The van der Waals surface area contributed by atoms with E-state index < -0.39 is 6.04 Å². The highest BCUT2D eigenvalue weighted by molar-refractivity contribution is 6.02. The number of rotatable bonds is 5. The molecule has 4 heteroatoms. The first kappa shape index (κ1) is 11.9. The number of amides is 1. The SMILES string of the molecule is CCCCCOc1ccc2c(c1)NC(=O)C2N. The Labute approximate surface area is 101 Å². The number of unbranched alkanes of at least 4 members (excludes halogenated alkanes) is 2. The smallest absolute Gasteiger partial charge is 0.245 e. The normalized spacial score (nSPS) is 17.8. The number of carbonyl (C=O) groups is 1. The molecule has 1 unspecified atom stereocenters. The number of anilines is 1. The van der Waals surface area contributed by atoms with Gasteiger partial charge in [-0.2, -0.15) is 0 Å². The predicted octanol–water partition coefficient (Wildman–Crippen LogP) is 2.21. The van der Waals surface area contributed by atoms with Crippen LogP contribution in [-0.2, 0) is 4.79 Å². The summed E-state index contributed by atoms with van der Waals surface area (Å²) in [5.74, 6) is 0.636. The predicted molar refractivity (Wildman–Crippen MR) is 67.0 cm³/mol. The fraction of sp³-hybridized carbons (Fsp3) is 0.462. The van der Waals surface area contributed by atoms with E-state index in [1.165, 1.54) is 12.8 Å². The maximum atomic E-state index is 11.4. The van der Waals surface area contributed by atoms with Crippen molar-refractivity contribution < 1.29 is 9.53 Å². The Balaban J connectivity index is 1.98. The van der Waals surface area contributed by atoms with Crippen LogP contribution in [0.5, 0.6) is 5.75 Å². The standard InChI is InChI=1S/C13H18N2O2/c1-2-3-4-7-17-9-5-6-10-11(8-9)15-13(16)12(10)14/h5-6,8,12H,2-4,7,14H2,1H3,(H,15,16). The highest BCUT2D eigenvalue weighted by Gasteiger charge is 2.27. The van der Waals surface area contributed by atoms with Crippen LogP contribution in [0.1, 0.15) is 37.8 Å². The highest BCUT2D eigenvalue weighted by atomic mass is 16.5. The molecule has 1 aromatic carbocycles. The van der Waals surface area contributed by atoms with Crippen LogP contribution in [0.2, 0.25) is 0 Å². The van der Waals surface area contributed by atoms with Crippen molar-refractivity contribution in [1.82, 2.24) is 0 Å². The van der Waals surface area contributed by atoms with Crippen LogP contribution >= 0.6 is 0 Å². The Bertz CT molecular complexity index is 418. The van der Waals surface area contributed by atoms with Gasteiger partial charge in [0.1, 0.15) is 11.8 Å². The van der Waals surface area contributed by atoms with E-state index in [1.54, 1.807) is 0 Å². The summed E-state index contributed by atoms with van der Waals surface area (Å²) < 4.78 is 5.61. The number of hydrogen-bond donors (Lipinski definition) is 2. The van der Waals surface area contributed by atoms with E-state index in [0.29, 0.717) is 6.61 Å². The summed E-state index contributed by atoms with van der Waals surface area (Å²) in [6, 6.07) is 5.02. The van der Waals surface area contributed by atoms with Crippen LogP contribution in [0.4, 0.5) is 5.69 Å². The van der Waals surface area contributed by atoms with Gasteiger partial charge in [0, 0.05) is 17.3 Å². The van der Waals surface area contributed by atoms with E-state index in [2.05, 4.69) is 12.2 Å². The molecule has 0 saturated heterocycles. The Kier molecular flexibility index (Phi) is 3.64. The van der Waals surface area contributed by atoms with Gasteiger partial charge in [0.2, 0.25) is 5.91 Å². The third-order valence-electron chi connectivity index (χ3n) is 2.92. The summed E-state index contributed by atoms with van der Waals surface area (Å²) in [5, 5.41) is 2.75. The summed E-state index contributed by atoms with van der Waals surface area (Å²) in [6.07, 6.45) is 3.41. The number of hydrogen-bond acceptors (Lipinski definition) is 3. The number of carbonyl (C=O) groups excluding carboxylic acids is 1. The summed E-state index contributed by atoms with van der Waals surface area (Å²) >= 11 is 0. The van der Waals surface area contributed by atoms with Crippen molar-refractivity contribution in [2.75, 3.05) is 11.9 Å². The minimum atomic E-state index is -0.542. The molecule has 1 aliphatic rings. The molecule has 0 saturated carbocycles. The van der Waals surface area contributed by atoms with Crippen LogP contribution in [-0.4, -0.2) is 12.5 Å². The molecule has 0 bridgehead atoms. The van der Waals surface area contributed by atoms with Crippen LogP contribution in [0.3, 0.4) is 0 Å². The lowest BCUT2D eigenvalue weighted by Crippen LogP contribution is -2.19. The molecule has 1 aromatic rings. The molecule has 1 amide bonds. The summed E-state index contributed by atoms with van der Waals surface area (Å²) in [7, 11) is 0. The minimum absolute atomic E-state index is 0.150. The zero-order valence-electron chi connectivity index (χ0n) is 10.0. The van der Waals surface area contributed by atoms with Crippen LogP contribution in [0.15, 0.2) is 18.2 Å². The van der Waals surface area contributed by atoms with Crippen molar-refractivity contribution >= 4 is 11.6 Å². The van der Waals surface area contributed by atoms with Crippen LogP contribution in [0, 0.1) is 0 Å². The molecule has 1 heterocycles. The molecular weight excluding hydrogens is 216 g/mol. The second kappa shape index (κ2) is 5.19. The lowest BCUT2D eigenvalue weighted by atomic mass is 10.1. The molecule has 4 nitrogen and oxygen atoms in total. The molecular formula is C13H18N2O2. The molecule has 0 spiro atoms. The monoisotopic (exact) mass is 234 g/mol. The highest BCUT2D eigenvalue weighted by Crippen LogP contribution is 2.32. The van der Waals surface area contributed by atoms with Crippen molar-refractivity contribution in [2.24, 2.45) is 5.73 Å². The van der Waals surface area contributed by atoms with Gasteiger partial charge in [0.05, 0.1) is 6.61 Å². The average molecular weight is 234 g/mol. The molecule has 17 heavy (non-hydrogen) atoms. The molecule has 0 aliphatic carbocycles. The van der Waals surface area contributed by atoms with E-state index >= 15 is 0 Å². The number of nitrogens with one attached hydrogen (secondary N) is 1. The molecule has 0 radical (unpaired) electrons. The van der Waals surface area contributed by atoms with Crippen molar-refractivity contribution in [1.29, 1.82) is 0 Å². The average Bonchev–Trinajstić information content (AvgIpc) is 2.61. The lowest BCUT2D eigenvalue weighted by molar-refractivity contribution is -0.116. The maximum absolute atomic E-state index is 11.4. The van der Waals surface area contributed by atoms with Crippen molar-refractivity contribution in [3.63, 3.8) is 0 Å². The van der Waals surface area contributed by atoms with Crippen molar-refractivity contribution in [3.8, 4) is 5.75 Å². The number of fused-ring (bicyclic) bond motifs is 1. The number of ether oxygens (including phenoxy) is 1. The fourth-order valence-corrected chi connectivity index (χ4v) is 1.90. The summed E-state index contributed by atoms with van der Waals surface area (Å²) in [4.78, 5) is 11.4. The topological polar surface area (TPSA) is 64.3 Å². The zero-order chi connectivity index (χ0) is 12.3. The van der Waals surface area contributed by atoms with Crippen LogP contribution in [0.25, 0.3) is 0 Å². The first-order valence-corrected chi connectivity index (χ1v) is 6.05. The molecule has 0 fully saturated rings. The third kappa shape index (κ3) is 2.58. The molecule has 92 valence electrons. The van der Waals surface area contributed by atoms with E-state index in [1.807, 2.05) is 18.2 Å². The Morgan fingerprint density at radius 3 is 3.00 bits per heavy atom. The van der Waals surface area contributed by atoms with E-state index in [0.717, 1.165) is 23.4 Å². The Morgan fingerprint density at radius 2 is 2.24 bits per heavy atom. The Morgan fingerprint density at radius 1 is 1.41 bits per heavy atom. The zero-order valence-corrected chi connectivity index (χ0v) is 10.0. The van der Waals surface area contributed by atoms with Gasteiger partial charge in [-0.3, -0.25) is 4.79 Å². The molecule has 1 atom stereocenters. The molecule has 2 rings (SSSR count). The summed E-state index contributed by atoms with van der Waals surface area (Å²) in [5.41, 5.74) is 7.34. The van der Waals surface area contributed by atoms with Crippen molar-refractivity contribution in [2.45, 2.75) is 32.2 Å². The van der Waals surface area contributed by atoms with Gasteiger partial charge >= 0.3 is 0 Å². The largest absolute Gasteiger partial charge is 0.494 e. The van der Waals surface area contributed by atoms with E-state index in [9.17, 15) is 4.79 Å². The molecule has 0 aromatic heterocycles. The quantitative estimate of drug-likeness (QED) is 0.768. The van der Waals surface area contributed by atoms with E-state index in [-0.39, 0.29) is 5.91 Å². The second-order valence-corrected chi connectivity index (χ2v) is 4.27. The van der Waals surface area contributed by atoms with Gasteiger partial charge in [-0.25, -0.2) is 0 Å². The van der Waals surface area contributed by atoms with Gasteiger partial charge in [-0.15, -0.1) is 0 Å². The van der Waals surface area contributed by atoms with Gasteiger partial charge in [0.25, 0.3) is 0 Å². The van der Waals surface area contributed by atoms with Gasteiger partial charge in [-0.1, -0.05) is 25.8 Å². The van der Waals surface area contributed by atoms with E-state index in [4.69, 9.17) is 10.5 Å². The van der Waals surface area contributed by atoms with Gasteiger partial charge in [0.15, 0.2) is 0 Å². The van der Waals surface area contributed by atoms with Crippen molar-refractivity contribution in [3.05, 3.63) is 23.8 Å².